The summed E-state index contributed by atoms with van der Waals surface area (Å²) in [7, 11) is 1.24. The number of anilines is 1. The number of esters is 2. The highest BCUT2D eigenvalue weighted by Gasteiger charge is 2.50. The third-order valence-corrected chi connectivity index (χ3v) is 10.5. The fourth-order valence-corrected chi connectivity index (χ4v) is 8.18. The maximum Gasteiger partial charge on any atom is 0.343 e. The average Bonchev–Trinajstić information content (AvgIpc) is 3.39. The van der Waals surface area contributed by atoms with Crippen molar-refractivity contribution in [3.05, 3.63) is 133 Å². The van der Waals surface area contributed by atoms with Crippen molar-refractivity contribution < 1.29 is 28.9 Å². The summed E-state index contributed by atoms with van der Waals surface area (Å²) in [6, 6.07) is 24.0. The SMILES string of the molecule is COC(=O)c1ccccc1OC(=O)c1ccc2c(c1)[C@@H]1[C@H](Cl)[C@H](Sc3ccccc3[N+](=O)[O-])C[C@H]1[C@@H](c1ccc([N+](=O)[O-])cc1)N2. The van der Waals surface area contributed by atoms with Crippen LogP contribution < -0.4 is 10.1 Å². The van der Waals surface area contributed by atoms with Gasteiger partial charge < -0.3 is 14.8 Å². The number of hydrogen-bond acceptors (Lipinski definition) is 10. The molecular weight excluding hydrogens is 634 g/mol. The number of nitrogens with one attached hydrogen (secondary N) is 1. The van der Waals surface area contributed by atoms with E-state index in [1.54, 1.807) is 60.7 Å². The van der Waals surface area contributed by atoms with Gasteiger partial charge in [-0.3, -0.25) is 20.2 Å². The van der Waals surface area contributed by atoms with E-state index in [9.17, 15) is 29.8 Å². The Hall–Kier alpha value is -4.94. The van der Waals surface area contributed by atoms with Gasteiger partial charge in [0.25, 0.3) is 11.4 Å². The standard InChI is InChI=1S/C33H26ClN3O8S/c1-44-33(39)21-6-2-4-8-26(21)45-32(38)19-12-15-24-22(16-19)29-23(31(35-24)18-10-13-20(14-11-18)36(40)41)17-28(30(29)34)46-27-9-5-3-7-25(27)37(42)43/h2-16,23,28-31,35H,17H2,1H3/t23-,28-,29+,30-,31-/m1/s1. The zero-order valence-corrected chi connectivity index (χ0v) is 25.8. The number of benzene rings is 4. The fraction of sp³-hybridized carbons (Fsp3) is 0.212. The van der Waals surface area contributed by atoms with Crippen molar-refractivity contribution in [3.8, 4) is 5.75 Å². The van der Waals surface area contributed by atoms with Crippen LogP contribution in [0.2, 0.25) is 0 Å². The van der Waals surface area contributed by atoms with E-state index in [-0.39, 0.29) is 51.4 Å². The van der Waals surface area contributed by atoms with E-state index in [1.807, 2.05) is 0 Å². The molecule has 5 atom stereocenters. The maximum atomic E-state index is 13.4. The van der Waals surface area contributed by atoms with Crippen molar-refractivity contribution in [1.82, 2.24) is 0 Å². The van der Waals surface area contributed by atoms with Gasteiger partial charge in [0.05, 0.1) is 38.8 Å². The number of methoxy groups -OCH3 is 1. The minimum absolute atomic E-state index is 0.00560. The third-order valence-electron chi connectivity index (χ3n) is 8.35. The summed E-state index contributed by atoms with van der Waals surface area (Å²) in [6.07, 6.45) is 0.574. The lowest BCUT2D eigenvalue weighted by atomic mass is 9.77. The molecular formula is C33H26ClN3O8S. The summed E-state index contributed by atoms with van der Waals surface area (Å²) in [5.74, 6) is -1.67. The van der Waals surface area contributed by atoms with Crippen LogP contribution in [0.3, 0.4) is 0 Å². The summed E-state index contributed by atoms with van der Waals surface area (Å²) >= 11 is 8.59. The summed E-state index contributed by atoms with van der Waals surface area (Å²) in [5.41, 5.74) is 2.66. The fourth-order valence-electron chi connectivity index (χ4n) is 6.24. The zero-order valence-electron chi connectivity index (χ0n) is 24.2. The lowest BCUT2D eigenvalue weighted by molar-refractivity contribution is -0.387. The summed E-state index contributed by atoms with van der Waals surface area (Å²) in [5, 5.41) is 25.9. The highest BCUT2D eigenvalue weighted by molar-refractivity contribution is 8.00. The predicted molar refractivity (Wildman–Crippen MR) is 172 cm³/mol. The first-order valence-corrected chi connectivity index (χ1v) is 15.6. The Labute approximate surface area is 272 Å². The molecule has 4 aromatic carbocycles. The Kier molecular flexibility index (Phi) is 8.65. The van der Waals surface area contributed by atoms with E-state index in [1.165, 1.54) is 49.2 Å². The molecule has 13 heteroatoms. The summed E-state index contributed by atoms with van der Waals surface area (Å²) in [6.45, 7) is 0. The molecule has 1 saturated carbocycles. The first kappa shape index (κ1) is 31.1. The Balaban J connectivity index is 1.36. The minimum atomic E-state index is -0.678. The van der Waals surface area contributed by atoms with Crippen molar-refractivity contribution >= 4 is 52.4 Å². The van der Waals surface area contributed by atoms with Crippen molar-refractivity contribution in [3.63, 3.8) is 0 Å². The van der Waals surface area contributed by atoms with Crippen LogP contribution in [-0.2, 0) is 4.74 Å². The Morgan fingerprint density at radius 2 is 1.63 bits per heavy atom. The number of halogens is 1. The van der Waals surface area contributed by atoms with E-state index in [4.69, 9.17) is 21.1 Å². The van der Waals surface area contributed by atoms with Gasteiger partial charge in [-0.15, -0.1) is 23.4 Å². The normalized spacial score (nSPS) is 21.3. The quantitative estimate of drug-likeness (QED) is 0.0660. The molecule has 0 aromatic heterocycles. The van der Waals surface area contributed by atoms with Crippen molar-refractivity contribution in [1.29, 1.82) is 0 Å². The lowest BCUT2D eigenvalue weighted by Gasteiger charge is -2.38. The number of fused-ring (bicyclic) bond motifs is 3. The van der Waals surface area contributed by atoms with Crippen LogP contribution in [0.15, 0.2) is 95.9 Å². The molecule has 1 N–H and O–H groups in total. The molecule has 4 aromatic rings. The smallest absolute Gasteiger partial charge is 0.343 e. The number of carbonyl (C=O) groups excluding carboxylic acids is 2. The second kappa shape index (κ2) is 12.8. The van der Waals surface area contributed by atoms with Crippen molar-refractivity contribution in [2.45, 2.75) is 33.9 Å². The Morgan fingerprint density at radius 3 is 2.35 bits per heavy atom. The van der Waals surface area contributed by atoms with E-state index in [2.05, 4.69) is 5.32 Å². The van der Waals surface area contributed by atoms with E-state index in [0.717, 1.165) is 16.8 Å². The predicted octanol–water partition coefficient (Wildman–Crippen LogP) is 7.55. The number of nitro groups is 2. The number of thioether (sulfide) groups is 1. The molecule has 0 spiro atoms. The number of nitro benzene ring substituents is 2. The first-order valence-electron chi connectivity index (χ1n) is 14.2. The summed E-state index contributed by atoms with van der Waals surface area (Å²) < 4.78 is 10.4. The number of carbonyl (C=O) groups is 2. The number of para-hydroxylation sites is 2. The molecule has 1 heterocycles. The van der Waals surface area contributed by atoms with Gasteiger partial charge in [-0.2, -0.15) is 0 Å². The Bertz CT molecular complexity index is 1850. The summed E-state index contributed by atoms with van der Waals surface area (Å²) in [4.78, 5) is 48.3. The highest BCUT2D eigenvalue weighted by Crippen LogP contribution is 2.58. The van der Waals surface area contributed by atoms with Crippen LogP contribution in [0, 0.1) is 26.1 Å². The molecule has 1 fully saturated rings. The molecule has 0 bridgehead atoms. The number of non-ortho nitro benzene ring substituents is 1. The number of nitrogens with zero attached hydrogens (tertiary/aromatic N) is 2. The van der Waals surface area contributed by atoms with Crippen LogP contribution in [0.4, 0.5) is 17.1 Å². The topological polar surface area (TPSA) is 151 Å². The monoisotopic (exact) mass is 659 g/mol. The number of hydrogen-bond donors (Lipinski definition) is 1. The van der Waals surface area contributed by atoms with Crippen LogP contribution in [0.5, 0.6) is 5.75 Å². The van der Waals surface area contributed by atoms with Crippen LogP contribution >= 0.6 is 23.4 Å². The average molecular weight is 660 g/mol. The largest absolute Gasteiger partial charge is 0.465 e. The molecule has 1 aliphatic carbocycles. The van der Waals surface area contributed by atoms with Gasteiger partial charge >= 0.3 is 11.9 Å². The molecule has 2 aliphatic rings. The third kappa shape index (κ3) is 5.88. The maximum absolute atomic E-state index is 13.4. The van der Waals surface area contributed by atoms with Gasteiger partial charge in [-0.25, -0.2) is 9.59 Å². The van der Waals surface area contributed by atoms with Gasteiger partial charge in [0.15, 0.2) is 0 Å². The minimum Gasteiger partial charge on any atom is -0.465 e. The van der Waals surface area contributed by atoms with E-state index >= 15 is 0 Å². The van der Waals surface area contributed by atoms with Crippen molar-refractivity contribution in [2.24, 2.45) is 5.92 Å². The van der Waals surface area contributed by atoms with Crippen LogP contribution in [-0.4, -0.2) is 39.5 Å². The van der Waals surface area contributed by atoms with E-state index in [0.29, 0.717) is 11.3 Å². The van der Waals surface area contributed by atoms with Gasteiger partial charge in [-0.1, -0.05) is 36.4 Å². The molecule has 234 valence electrons. The van der Waals surface area contributed by atoms with Gasteiger partial charge in [-0.05, 0) is 59.9 Å². The molecule has 6 rings (SSSR count). The molecule has 46 heavy (non-hydrogen) atoms. The molecule has 11 nitrogen and oxygen atoms in total. The molecule has 0 saturated heterocycles. The number of ether oxygens (including phenoxy) is 2. The molecule has 0 amide bonds. The van der Waals surface area contributed by atoms with Crippen LogP contribution in [0.1, 0.15) is 50.2 Å². The van der Waals surface area contributed by atoms with Gasteiger partial charge in [0.1, 0.15) is 11.3 Å². The lowest BCUT2D eigenvalue weighted by Crippen LogP contribution is -2.31. The van der Waals surface area contributed by atoms with E-state index < -0.39 is 27.2 Å². The molecule has 1 aliphatic heterocycles. The Morgan fingerprint density at radius 1 is 0.913 bits per heavy atom. The molecule has 0 radical (unpaired) electrons. The second-order valence-corrected chi connectivity index (χ2v) is 12.7. The highest BCUT2D eigenvalue weighted by atomic mass is 35.5. The van der Waals surface area contributed by atoms with Gasteiger partial charge in [0.2, 0.25) is 0 Å². The zero-order chi connectivity index (χ0) is 32.5. The number of rotatable bonds is 8. The van der Waals surface area contributed by atoms with Crippen molar-refractivity contribution in [2.75, 3.05) is 12.4 Å². The van der Waals surface area contributed by atoms with Gasteiger partial charge in [0, 0.05) is 35.1 Å². The second-order valence-electron chi connectivity index (χ2n) is 10.9. The number of alkyl halides is 1. The molecule has 0 unspecified atom stereocenters. The first-order chi connectivity index (χ1) is 22.2. The van der Waals surface area contributed by atoms with Crippen LogP contribution in [0.25, 0.3) is 0 Å².